The molecule has 0 unspecified atom stereocenters. The Balaban J connectivity index is 1.83. The molecule has 0 aliphatic carbocycles. The summed E-state index contributed by atoms with van der Waals surface area (Å²) in [7, 11) is 0. The zero-order valence-corrected chi connectivity index (χ0v) is 20.6. The van der Waals surface area contributed by atoms with Crippen molar-refractivity contribution in [3.8, 4) is 0 Å². The molecule has 7 heteroatoms. The predicted molar refractivity (Wildman–Crippen MR) is 137 cm³/mol. The highest BCUT2D eigenvalue weighted by atomic mass is 32.2. The molecule has 0 saturated carbocycles. The van der Waals surface area contributed by atoms with Gasteiger partial charge in [0.2, 0.25) is 11.8 Å². The maximum absolute atomic E-state index is 14.0. The molecule has 0 bridgehead atoms. The van der Waals surface area contributed by atoms with Crippen LogP contribution in [0.5, 0.6) is 0 Å². The van der Waals surface area contributed by atoms with Gasteiger partial charge in [-0.15, -0.1) is 11.8 Å². The molecule has 1 N–H and O–H groups in total. The third-order valence-corrected chi connectivity index (χ3v) is 6.49. The number of nitrogens with zero attached hydrogens (tertiary/aromatic N) is 1. The number of halogens is 2. The van der Waals surface area contributed by atoms with Gasteiger partial charge in [0.25, 0.3) is 0 Å². The van der Waals surface area contributed by atoms with Crippen molar-refractivity contribution in [1.82, 2.24) is 10.2 Å². The summed E-state index contributed by atoms with van der Waals surface area (Å²) in [5, 5.41) is 2.92. The normalized spacial score (nSPS) is 11.6. The highest BCUT2D eigenvalue weighted by Crippen LogP contribution is 2.20. The summed E-state index contributed by atoms with van der Waals surface area (Å²) in [6, 6.07) is 21.2. The number of hydrogen-bond donors (Lipinski definition) is 1. The lowest BCUT2D eigenvalue weighted by Crippen LogP contribution is -2.51. The minimum absolute atomic E-state index is 0.0852. The quantitative estimate of drug-likeness (QED) is 0.367. The van der Waals surface area contributed by atoms with Gasteiger partial charge in [0.15, 0.2) is 0 Å². The van der Waals surface area contributed by atoms with E-state index >= 15 is 0 Å². The fourth-order valence-electron chi connectivity index (χ4n) is 3.65. The maximum atomic E-state index is 14.0. The van der Waals surface area contributed by atoms with Crippen LogP contribution in [-0.4, -0.2) is 35.1 Å². The second-order valence-corrected chi connectivity index (χ2v) is 9.21. The van der Waals surface area contributed by atoms with E-state index in [1.807, 2.05) is 37.3 Å². The van der Waals surface area contributed by atoms with Gasteiger partial charge in [-0.3, -0.25) is 9.59 Å². The molecule has 3 aromatic carbocycles. The topological polar surface area (TPSA) is 49.4 Å². The van der Waals surface area contributed by atoms with E-state index in [-0.39, 0.29) is 35.7 Å². The minimum Gasteiger partial charge on any atom is -0.354 e. The van der Waals surface area contributed by atoms with Gasteiger partial charge in [0.05, 0.1) is 5.75 Å². The molecule has 35 heavy (non-hydrogen) atoms. The Bertz CT molecular complexity index is 1090. The molecule has 3 rings (SSSR count). The third-order valence-electron chi connectivity index (χ3n) is 5.53. The largest absolute Gasteiger partial charge is 0.354 e. The van der Waals surface area contributed by atoms with Crippen LogP contribution >= 0.6 is 11.8 Å². The smallest absolute Gasteiger partial charge is 0.243 e. The summed E-state index contributed by atoms with van der Waals surface area (Å²) >= 11 is 1.30. The lowest BCUT2D eigenvalue weighted by Gasteiger charge is -2.31. The first kappa shape index (κ1) is 26.4. The fourth-order valence-corrected chi connectivity index (χ4v) is 4.55. The molecule has 0 aliphatic heterocycles. The number of hydrogen-bond acceptors (Lipinski definition) is 3. The Labute approximate surface area is 209 Å². The van der Waals surface area contributed by atoms with Crippen LogP contribution in [0.4, 0.5) is 8.78 Å². The van der Waals surface area contributed by atoms with Crippen LogP contribution in [0.3, 0.4) is 0 Å². The van der Waals surface area contributed by atoms with E-state index < -0.39 is 6.04 Å². The monoisotopic (exact) mass is 496 g/mol. The van der Waals surface area contributed by atoms with Crippen LogP contribution in [0.25, 0.3) is 0 Å². The van der Waals surface area contributed by atoms with Gasteiger partial charge in [-0.1, -0.05) is 67.6 Å². The number of benzene rings is 3. The Kier molecular flexibility index (Phi) is 10.3. The zero-order chi connectivity index (χ0) is 25.0. The lowest BCUT2D eigenvalue weighted by molar-refractivity contribution is -0.139. The molecule has 0 spiro atoms. The van der Waals surface area contributed by atoms with Gasteiger partial charge < -0.3 is 10.2 Å². The molecule has 1 atom stereocenters. The number of thioether (sulfide) groups is 1. The molecule has 3 aromatic rings. The first-order valence-electron chi connectivity index (χ1n) is 11.6. The van der Waals surface area contributed by atoms with Crippen LogP contribution in [0.1, 0.15) is 30.0 Å². The van der Waals surface area contributed by atoms with Crippen molar-refractivity contribution in [2.75, 3.05) is 12.3 Å². The Morgan fingerprint density at radius 1 is 0.914 bits per heavy atom. The van der Waals surface area contributed by atoms with Gasteiger partial charge in [-0.25, -0.2) is 8.78 Å². The first-order valence-corrected chi connectivity index (χ1v) is 12.8. The standard InChI is InChI=1S/C28H30F2N2O2S/c1-2-16-31-28(34)26(17-21-8-4-3-5-9-21)32(18-22-12-14-24(29)15-13-22)27(33)20-35-19-23-10-6-7-11-25(23)30/h3-15,26H,2,16-20H2,1H3,(H,31,34)/t26-/m1/s1. The van der Waals surface area contributed by atoms with E-state index in [4.69, 9.17) is 0 Å². The van der Waals surface area contributed by atoms with Crippen LogP contribution in [0.15, 0.2) is 78.9 Å². The second-order valence-electron chi connectivity index (χ2n) is 8.23. The Morgan fingerprint density at radius 3 is 2.29 bits per heavy atom. The Hall–Kier alpha value is -3.19. The molecule has 0 aromatic heterocycles. The number of carbonyl (C=O) groups excluding carboxylic acids is 2. The lowest BCUT2D eigenvalue weighted by atomic mass is 10.0. The number of carbonyl (C=O) groups is 2. The van der Waals surface area contributed by atoms with E-state index in [0.717, 1.165) is 17.5 Å². The second kappa shape index (κ2) is 13.6. The van der Waals surface area contributed by atoms with Crippen molar-refractivity contribution in [1.29, 1.82) is 0 Å². The third kappa shape index (κ3) is 8.21. The summed E-state index contributed by atoms with van der Waals surface area (Å²) in [5.41, 5.74) is 2.18. The van der Waals surface area contributed by atoms with Crippen molar-refractivity contribution in [2.24, 2.45) is 0 Å². The highest BCUT2D eigenvalue weighted by Gasteiger charge is 2.30. The predicted octanol–water partition coefficient (Wildman–Crippen LogP) is 5.36. The van der Waals surface area contributed by atoms with Gasteiger partial charge >= 0.3 is 0 Å². The first-order chi connectivity index (χ1) is 17.0. The summed E-state index contributed by atoms with van der Waals surface area (Å²) in [6.45, 7) is 2.63. The number of rotatable bonds is 12. The molecule has 0 heterocycles. The van der Waals surface area contributed by atoms with Gasteiger partial charge in [0.1, 0.15) is 17.7 Å². The molecule has 0 fully saturated rings. The molecule has 4 nitrogen and oxygen atoms in total. The summed E-state index contributed by atoms with van der Waals surface area (Å²) in [5.74, 6) is -0.714. The number of nitrogens with one attached hydrogen (secondary N) is 1. The molecule has 0 radical (unpaired) electrons. The van der Waals surface area contributed by atoms with Gasteiger partial charge in [0, 0.05) is 25.3 Å². The summed E-state index contributed by atoms with van der Waals surface area (Å²) < 4.78 is 27.5. The van der Waals surface area contributed by atoms with Crippen molar-refractivity contribution in [3.05, 3.63) is 107 Å². The molecule has 0 saturated heterocycles. The average Bonchev–Trinajstić information content (AvgIpc) is 2.87. The van der Waals surface area contributed by atoms with Crippen molar-refractivity contribution >= 4 is 23.6 Å². The van der Waals surface area contributed by atoms with Crippen LogP contribution < -0.4 is 5.32 Å². The van der Waals surface area contributed by atoms with E-state index in [1.165, 1.54) is 30.0 Å². The van der Waals surface area contributed by atoms with E-state index in [0.29, 0.717) is 24.3 Å². The molecule has 0 aliphatic rings. The molecule has 2 amide bonds. The SMILES string of the molecule is CCCNC(=O)[C@@H](Cc1ccccc1)N(Cc1ccc(F)cc1)C(=O)CSCc1ccccc1F. The fraction of sp³-hybridized carbons (Fsp3) is 0.286. The average molecular weight is 497 g/mol. The zero-order valence-electron chi connectivity index (χ0n) is 19.8. The van der Waals surface area contributed by atoms with Crippen LogP contribution in [0.2, 0.25) is 0 Å². The van der Waals surface area contributed by atoms with E-state index in [2.05, 4.69) is 5.32 Å². The van der Waals surface area contributed by atoms with Crippen molar-refractivity contribution in [3.63, 3.8) is 0 Å². The molecule has 184 valence electrons. The Morgan fingerprint density at radius 2 is 1.60 bits per heavy atom. The highest BCUT2D eigenvalue weighted by molar-refractivity contribution is 7.99. The van der Waals surface area contributed by atoms with Crippen molar-refractivity contribution in [2.45, 2.75) is 38.1 Å². The van der Waals surface area contributed by atoms with Crippen LogP contribution in [0, 0.1) is 11.6 Å². The maximum Gasteiger partial charge on any atom is 0.243 e. The van der Waals surface area contributed by atoms with E-state index in [1.54, 1.807) is 35.2 Å². The van der Waals surface area contributed by atoms with E-state index in [9.17, 15) is 18.4 Å². The van der Waals surface area contributed by atoms with Gasteiger partial charge in [-0.2, -0.15) is 0 Å². The summed E-state index contributed by atoms with van der Waals surface area (Å²) in [6.07, 6.45) is 1.12. The van der Waals surface area contributed by atoms with Crippen molar-refractivity contribution < 1.29 is 18.4 Å². The molecular formula is C28H30F2N2O2S. The van der Waals surface area contributed by atoms with Crippen LogP contribution in [-0.2, 0) is 28.3 Å². The van der Waals surface area contributed by atoms with Gasteiger partial charge in [-0.05, 0) is 41.3 Å². The number of amides is 2. The minimum atomic E-state index is -0.740. The summed E-state index contributed by atoms with van der Waals surface area (Å²) in [4.78, 5) is 28.2. The molecular weight excluding hydrogens is 466 g/mol.